The lowest BCUT2D eigenvalue weighted by atomic mass is 10.2. The van der Waals surface area contributed by atoms with Crippen molar-refractivity contribution in [2.45, 2.75) is 0 Å². The number of nitrogens with one attached hydrogen (secondary N) is 2. The number of hydrogen-bond donors (Lipinski definition) is 2. The van der Waals surface area contributed by atoms with E-state index < -0.39 is 0 Å². The van der Waals surface area contributed by atoms with Crippen molar-refractivity contribution in [1.29, 1.82) is 0 Å². The van der Waals surface area contributed by atoms with E-state index in [1.54, 1.807) is 5.38 Å². The van der Waals surface area contributed by atoms with Crippen LogP contribution in [0.4, 0.5) is 5.95 Å². The van der Waals surface area contributed by atoms with Crippen LogP contribution in [0.3, 0.4) is 0 Å². The van der Waals surface area contributed by atoms with Gasteiger partial charge in [-0.2, -0.15) is 10.1 Å². The molecule has 0 saturated heterocycles. The zero-order valence-corrected chi connectivity index (χ0v) is 11.9. The topological polar surface area (TPSA) is 102 Å². The normalized spacial score (nSPS) is 12.4. The van der Waals surface area contributed by atoms with Crippen LogP contribution >= 0.6 is 11.3 Å². The molecule has 0 unspecified atom stereocenters. The fourth-order valence-corrected chi connectivity index (χ4v) is 2.77. The highest BCUT2D eigenvalue weighted by molar-refractivity contribution is 7.13. The number of hydrogen-bond acceptors (Lipinski definition) is 7. The molecular weight excluding hydrogens is 306 g/mol. The molecule has 0 atom stereocenters. The minimum absolute atomic E-state index is 0.224. The number of benzene rings is 1. The third-order valence-corrected chi connectivity index (χ3v) is 3.89. The molecule has 22 heavy (non-hydrogen) atoms. The average Bonchev–Trinajstić information content (AvgIpc) is 3.27. The van der Waals surface area contributed by atoms with E-state index in [0.29, 0.717) is 17.2 Å². The maximum absolute atomic E-state index is 12.0. The van der Waals surface area contributed by atoms with Crippen LogP contribution in [0.5, 0.6) is 11.5 Å². The molecule has 2 N–H and O–H groups in total. The van der Waals surface area contributed by atoms with Gasteiger partial charge in [-0.25, -0.2) is 10.1 Å². The van der Waals surface area contributed by atoms with Gasteiger partial charge in [0.25, 0.3) is 5.91 Å². The second kappa shape index (κ2) is 5.11. The third-order valence-electron chi connectivity index (χ3n) is 3.00. The Bertz CT molecular complexity index is 830. The first-order valence-electron chi connectivity index (χ1n) is 6.32. The second-order valence-corrected chi connectivity index (χ2v) is 5.25. The smallest absolute Gasteiger partial charge is 0.277 e. The van der Waals surface area contributed by atoms with Crippen LogP contribution in [-0.2, 0) is 0 Å². The Morgan fingerprint density at radius 2 is 2.23 bits per heavy atom. The largest absolute Gasteiger partial charge is 0.454 e. The van der Waals surface area contributed by atoms with Gasteiger partial charge in [0.2, 0.25) is 12.7 Å². The number of rotatable bonds is 3. The molecular formula is C13H9N5O3S. The molecule has 3 heterocycles. The van der Waals surface area contributed by atoms with Gasteiger partial charge >= 0.3 is 0 Å². The molecule has 1 aliphatic rings. The summed E-state index contributed by atoms with van der Waals surface area (Å²) in [4.78, 5) is 20.2. The highest BCUT2D eigenvalue weighted by atomic mass is 32.1. The van der Waals surface area contributed by atoms with Crippen molar-refractivity contribution in [2.24, 2.45) is 0 Å². The van der Waals surface area contributed by atoms with Crippen LogP contribution in [0.2, 0.25) is 0 Å². The molecule has 8 nitrogen and oxygen atoms in total. The maximum atomic E-state index is 12.0. The predicted octanol–water partition coefficient (Wildman–Crippen LogP) is 1.91. The number of ether oxygens (including phenoxy) is 2. The van der Waals surface area contributed by atoms with E-state index in [1.165, 1.54) is 17.7 Å². The Kier molecular flexibility index (Phi) is 2.97. The summed E-state index contributed by atoms with van der Waals surface area (Å²) in [6, 6.07) is 5.55. The SMILES string of the molecule is O=C(Nc1ncn[nH]1)c1csc(-c2ccc3c(c2)OCO3)n1. The lowest BCUT2D eigenvalue weighted by molar-refractivity contribution is 0.102. The van der Waals surface area contributed by atoms with Crippen LogP contribution in [0.15, 0.2) is 29.9 Å². The summed E-state index contributed by atoms with van der Waals surface area (Å²) in [6.45, 7) is 0.224. The van der Waals surface area contributed by atoms with E-state index in [-0.39, 0.29) is 18.6 Å². The first kappa shape index (κ1) is 12.8. The van der Waals surface area contributed by atoms with Gasteiger partial charge in [0.15, 0.2) is 11.5 Å². The molecule has 110 valence electrons. The van der Waals surface area contributed by atoms with Crippen LogP contribution < -0.4 is 14.8 Å². The van der Waals surface area contributed by atoms with Crippen LogP contribution in [-0.4, -0.2) is 32.9 Å². The molecule has 1 aromatic carbocycles. The molecule has 0 radical (unpaired) electrons. The summed E-state index contributed by atoms with van der Waals surface area (Å²) in [5, 5.41) is 11.2. The van der Waals surface area contributed by atoms with Gasteiger partial charge in [0.05, 0.1) is 0 Å². The number of carbonyl (C=O) groups excluding carboxylic acids is 1. The average molecular weight is 315 g/mol. The van der Waals surface area contributed by atoms with Gasteiger partial charge in [-0.15, -0.1) is 11.3 Å². The van der Waals surface area contributed by atoms with Crippen molar-refractivity contribution in [2.75, 3.05) is 12.1 Å². The monoisotopic (exact) mass is 315 g/mol. The highest BCUT2D eigenvalue weighted by Crippen LogP contribution is 2.36. The summed E-state index contributed by atoms with van der Waals surface area (Å²) in [5.74, 6) is 1.33. The van der Waals surface area contributed by atoms with E-state index >= 15 is 0 Å². The third kappa shape index (κ3) is 2.27. The van der Waals surface area contributed by atoms with E-state index in [4.69, 9.17) is 9.47 Å². The highest BCUT2D eigenvalue weighted by Gasteiger charge is 2.17. The second-order valence-electron chi connectivity index (χ2n) is 4.39. The Morgan fingerprint density at radius 1 is 1.32 bits per heavy atom. The van der Waals surface area contributed by atoms with E-state index in [1.807, 2.05) is 18.2 Å². The molecule has 0 bridgehead atoms. The number of amides is 1. The van der Waals surface area contributed by atoms with Gasteiger partial charge in [0.1, 0.15) is 17.0 Å². The molecule has 0 spiro atoms. The van der Waals surface area contributed by atoms with Gasteiger partial charge in [-0.1, -0.05) is 0 Å². The van der Waals surface area contributed by atoms with Gasteiger partial charge in [-0.3, -0.25) is 10.1 Å². The molecule has 1 amide bonds. The molecule has 1 aliphatic heterocycles. The van der Waals surface area contributed by atoms with E-state index in [0.717, 1.165) is 10.6 Å². The Labute approximate surface area is 128 Å². The minimum Gasteiger partial charge on any atom is -0.454 e. The van der Waals surface area contributed by atoms with Crippen molar-refractivity contribution < 1.29 is 14.3 Å². The van der Waals surface area contributed by atoms with Crippen molar-refractivity contribution in [3.05, 3.63) is 35.6 Å². The Balaban J connectivity index is 1.57. The number of thiazole rings is 1. The standard InChI is InChI=1S/C13H9N5O3S/c19-11(17-13-14-5-15-18-13)8-4-22-12(16-8)7-1-2-9-10(3-7)21-6-20-9/h1-5H,6H2,(H2,14,15,17,18,19). The molecule has 0 saturated carbocycles. The first-order chi connectivity index (χ1) is 10.8. The molecule has 9 heteroatoms. The molecule has 4 rings (SSSR count). The number of H-pyrrole nitrogens is 1. The number of aromatic amines is 1. The van der Waals surface area contributed by atoms with Crippen molar-refractivity contribution >= 4 is 23.2 Å². The summed E-state index contributed by atoms with van der Waals surface area (Å²) in [5.41, 5.74) is 1.18. The molecule has 0 aliphatic carbocycles. The molecule has 0 fully saturated rings. The predicted molar refractivity (Wildman–Crippen MR) is 78.0 cm³/mol. The van der Waals surface area contributed by atoms with E-state index in [2.05, 4.69) is 25.5 Å². The van der Waals surface area contributed by atoms with E-state index in [9.17, 15) is 4.79 Å². The number of carbonyl (C=O) groups is 1. The fraction of sp³-hybridized carbons (Fsp3) is 0.0769. The zero-order chi connectivity index (χ0) is 14.9. The maximum Gasteiger partial charge on any atom is 0.277 e. The van der Waals surface area contributed by atoms with Crippen molar-refractivity contribution in [1.82, 2.24) is 20.2 Å². The molecule has 2 aromatic heterocycles. The first-order valence-corrected chi connectivity index (χ1v) is 7.20. The van der Waals surface area contributed by atoms with Crippen LogP contribution in [0.25, 0.3) is 10.6 Å². The number of nitrogens with zero attached hydrogens (tertiary/aromatic N) is 3. The summed E-state index contributed by atoms with van der Waals surface area (Å²) in [6.07, 6.45) is 1.31. The lowest BCUT2D eigenvalue weighted by Crippen LogP contribution is -2.13. The summed E-state index contributed by atoms with van der Waals surface area (Å²) >= 11 is 1.37. The number of aromatic nitrogens is 4. The molecule has 3 aromatic rings. The number of fused-ring (bicyclic) bond motifs is 1. The Hall–Kier alpha value is -2.94. The van der Waals surface area contributed by atoms with Crippen molar-refractivity contribution in [3.8, 4) is 22.1 Å². The fourth-order valence-electron chi connectivity index (χ4n) is 1.98. The van der Waals surface area contributed by atoms with Gasteiger partial charge in [-0.05, 0) is 18.2 Å². The van der Waals surface area contributed by atoms with Crippen LogP contribution in [0.1, 0.15) is 10.5 Å². The summed E-state index contributed by atoms with van der Waals surface area (Å²) < 4.78 is 10.6. The van der Waals surface area contributed by atoms with Crippen LogP contribution in [0, 0.1) is 0 Å². The minimum atomic E-state index is -0.347. The zero-order valence-electron chi connectivity index (χ0n) is 11.1. The Morgan fingerprint density at radius 3 is 3.09 bits per heavy atom. The number of anilines is 1. The van der Waals surface area contributed by atoms with Gasteiger partial charge < -0.3 is 9.47 Å². The van der Waals surface area contributed by atoms with Gasteiger partial charge in [0, 0.05) is 10.9 Å². The quantitative estimate of drug-likeness (QED) is 0.765. The lowest BCUT2D eigenvalue weighted by Gasteiger charge is -1.99. The summed E-state index contributed by atoms with van der Waals surface area (Å²) in [7, 11) is 0. The van der Waals surface area contributed by atoms with Crippen molar-refractivity contribution in [3.63, 3.8) is 0 Å².